The number of amides is 1. The van der Waals surface area contributed by atoms with E-state index >= 15 is 0 Å². The van der Waals surface area contributed by atoms with Crippen molar-refractivity contribution in [2.75, 3.05) is 11.1 Å². The van der Waals surface area contributed by atoms with E-state index in [1.807, 2.05) is 66.9 Å². The normalized spacial score (nSPS) is 10.7. The Hall–Kier alpha value is -2.51. The molecule has 28 heavy (non-hydrogen) atoms. The van der Waals surface area contributed by atoms with E-state index in [0.717, 1.165) is 11.3 Å². The van der Waals surface area contributed by atoms with E-state index < -0.39 is 0 Å². The fourth-order valence-electron chi connectivity index (χ4n) is 2.56. The molecule has 0 atom stereocenters. The lowest BCUT2D eigenvalue weighted by molar-refractivity contribution is -0.113. The standard InChI is InChI=1S/C20H21ClN4O2S/c1-3-25-18(12-27-17-11-14(2)9-10-16(17)21)23-24-20(25)28-13-19(26)22-15-7-5-4-6-8-15/h4-11H,3,12-13H2,1-2H3,(H,22,26). The monoisotopic (exact) mass is 416 g/mol. The molecule has 8 heteroatoms. The number of hydrogen-bond acceptors (Lipinski definition) is 5. The Kier molecular flexibility index (Phi) is 6.95. The van der Waals surface area contributed by atoms with E-state index in [-0.39, 0.29) is 18.3 Å². The van der Waals surface area contributed by atoms with Crippen LogP contribution in [0, 0.1) is 6.92 Å². The third-order valence-electron chi connectivity index (χ3n) is 3.94. The van der Waals surface area contributed by atoms with Gasteiger partial charge in [0.15, 0.2) is 11.0 Å². The van der Waals surface area contributed by atoms with Crippen molar-refractivity contribution in [2.24, 2.45) is 0 Å². The van der Waals surface area contributed by atoms with Gasteiger partial charge in [0.1, 0.15) is 12.4 Å². The van der Waals surface area contributed by atoms with Crippen molar-refractivity contribution in [3.63, 3.8) is 0 Å². The molecule has 0 fully saturated rings. The summed E-state index contributed by atoms with van der Waals surface area (Å²) in [5.74, 6) is 1.46. The van der Waals surface area contributed by atoms with E-state index in [1.165, 1.54) is 11.8 Å². The average Bonchev–Trinajstić information content (AvgIpc) is 3.09. The molecule has 146 valence electrons. The van der Waals surface area contributed by atoms with Crippen molar-refractivity contribution in [2.45, 2.75) is 32.2 Å². The quantitative estimate of drug-likeness (QED) is 0.545. The third kappa shape index (κ3) is 5.27. The molecule has 0 bridgehead atoms. The van der Waals surface area contributed by atoms with Crippen LogP contribution < -0.4 is 10.1 Å². The van der Waals surface area contributed by atoms with Gasteiger partial charge in [0, 0.05) is 12.2 Å². The van der Waals surface area contributed by atoms with Gasteiger partial charge in [-0.15, -0.1) is 10.2 Å². The van der Waals surface area contributed by atoms with Gasteiger partial charge in [-0.25, -0.2) is 0 Å². The van der Waals surface area contributed by atoms with Crippen molar-refractivity contribution in [1.29, 1.82) is 0 Å². The van der Waals surface area contributed by atoms with Crippen molar-refractivity contribution in [3.8, 4) is 5.75 Å². The number of carbonyl (C=O) groups is 1. The maximum atomic E-state index is 12.1. The second kappa shape index (κ2) is 9.61. The molecular weight excluding hydrogens is 396 g/mol. The number of aromatic nitrogens is 3. The summed E-state index contributed by atoms with van der Waals surface area (Å²) in [5.41, 5.74) is 1.84. The number of para-hydroxylation sites is 1. The first-order valence-electron chi connectivity index (χ1n) is 8.85. The summed E-state index contributed by atoms with van der Waals surface area (Å²) in [5, 5.41) is 12.5. The lowest BCUT2D eigenvalue weighted by atomic mass is 10.2. The zero-order valence-corrected chi connectivity index (χ0v) is 17.3. The highest BCUT2D eigenvalue weighted by atomic mass is 35.5. The van der Waals surface area contributed by atoms with Gasteiger partial charge in [0.25, 0.3) is 0 Å². The maximum Gasteiger partial charge on any atom is 0.234 e. The van der Waals surface area contributed by atoms with Gasteiger partial charge in [-0.2, -0.15) is 0 Å². The van der Waals surface area contributed by atoms with Crippen LogP contribution in [0.15, 0.2) is 53.7 Å². The first-order valence-corrected chi connectivity index (χ1v) is 10.2. The Morgan fingerprint density at radius 1 is 1.21 bits per heavy atom. The topological polar surface area (TPSA) is 69.0 Å². The van der Waals surface area contributed by atoms with E-state index in [2.05, 4.69) is 15.5 Å². The molecule has 6 nitrogen and oxygen atoms in total. The van der Waals surface area contributed by atoms with Crippen LogP contribution in [0.4, 0.5) is 5.69 Å². The second-order valence-electron chi connectivity index (χ2n) is 6.07. The number of hydrogen-bond donors (Lipinski definition) is 1. The summed E-state index contributed by atoms with van der Waals surface area (Å²) in [6.07, 6.45) is 0. The summed E-state index contributed by atoms with van der Waals surface area (Å²) in [7, 11) is 0. The molecule has 3 aromatic rings. The van der Waals surface area contributed by atoms with Gasteiger partial charge in [0.2, 0.25) is 5.91 Å². The van der Waals surface area contributed by atoms with Gasteiger partial charge in [-0.1, -0.05) is 47.6 Å². The molecule has 0 saturated heterocycles. The number of aryl methyl sites for hydroxylation is 1. The van der Waals surface area contributed by atoms with Crippen molar-refractivity contribution in [1.82, 2.24) is 14.8 Å². The number of rotatable bonds is 8. The van der Waals surface area contributed by atoms with Crippen LogP contribution in [0.2, 0.25) is 5.02 Å². The summed E-state index contributed by atoms with van der Waals surface area (Å²) >= 11 is 7.52. The van der Waals surface area contributed by atoms with E-state index in [1.54, 1.807) is 0 Å². The predicted molar refractivity (Wildman–Crippen MR) is 112 cm³/mol. The number of carbonyl (C=O) groups excluding carboxylic acids is 1. The predicted octanol–water partition coefficient (Wildman–Crippen LogP) is 4.57. The SMILES string of the molecule is CCn1c(COc2cc(C)ccc2Cl)nnc1SCC(=O)Nc1ccccc1. The highest BCUT2D eigenvalue weighted by molar-refractivity contribution is 7.99. The lowest BCUT2D eigenvalue weighted by Gasteiger charge is -2.10. The summed E-state index contributed by atoms with van der Waals surface area (Å²) in [6.45, 7) is 4.91. The fourth-order valence-corrected chi connectivity index (χ4v) is 3.56. The number of anilines is 1. The molecule has 3 rings (SSSR count). The molecule has 0 aliphatic rings. The molecule has 0 aliphatic heterocycles. The van der Waals surface area contributed by atoms with Gasteiger partial charge < -0.3 is 14.6 Å². The molecule has 1 heterocycles. The Labute approximate surface area is 173 Å². The number of halogens is 1. The van der Waals surface area contributed by atoms with Crippen LogP contribution >= 0.6 is 23.4 Å². The van der Waals surface area contributed by atoms with Crippen LogP contribution in [0.5, 0.6) is 5.75 Å². The fraction of sp³-hybridized carbons (Fsp3) is 0.250. The minimum absolute atomic E-state index is 0.0915. The Morgan fingerprint density at radius 3 is 2.75 bits per heavy atom. The Balaban J connectivity index is 1.60. The van der Waals surface area contributed by atoms with Crippen molar-refractivity contribution < 1.29 is 9.53 Å². The molecule has 0 unspecified atom stereocenters. The van der Waals surface area contributed by atoms with E-state index in [4.69, 9.17) is 16.3 Å². The Morgan fingerprint density at radius 2 is 2.00 bits per heavy atom. The highest BCUT2D eigenvalue weighted by Crippen LogP contribution is 2.26. The van der Waals surface area contributed by atoms with Crippen LogP contribution in [-0.4, -0.2) is 26.4 Å². The first-order chi connectivity index (χ1) is 13.6. The number of nitrogens with zero attached hydrogens (tertiary/aromatic N) is 3. The third-order valence-corrected chi connectivity index (χ3v) is 5.22. The van der Waals surface area contributed by atoms with Crippen LogP contribution in [0.3, 0.4) is 0 Å². The number of nitrogens with one attached hydrogen (secondary N) is 1. The van der Waals surface area contributed by atoms with Gasteiger partial charge in [-0.05, 0) is 43.7 Å². The van der Waals surface area contributed by atoms with Gasteiger partial charge in [0.05, 0.1) is 10.8 Å². The zero-order valence-electron chi connectivity index (χ0n) is 15.7. The molecule has 0 saturated carbocycles. The molecule has 0 radical (unpaired) electrons. The second-order valence-corrected chi connectivity index (χ2v) is 7.42. The largest absolute Gasteiger partial charge is 0.484 e. The zero-order chi connectivity index (χ0) is 19.9. The van der Waals surface area contributed by atoms with E-state index in [9.17, 15) is 4.79 Å². The molecule has 0 spiro atoms. The number of benzene rings is 2. The number of ether oxygens (including phenoxy) is 1. The maximum absolute atomic E-state index is 12.1. The van der Waals surface area contributed by atoms with Crippen LogP contribution in [-0.2, 0) is 17.9 Å². The van der Waals surface area contributed by atoms with Gasteiger partial charge in [-0.3, -0.25) is 4.79 Å². The summed E-state index contributed by atoms with van der Waals surface area (Å²) < 4.78 is 7.75. The molecule has 1 amide bonds. The molecule has 2 aromatic carbocycles. The summed E-state index contributed by atoms with van der Waals surface area (Å²) in [6, 6.07) is 15.0. The lowest BCUT2D eigenvalue weighted by Crippen LogP contribution is -2.14. The van der Waals surface area contributed by atoms with Gasteiger partial charge >= 0.3 is 0 Å². The molecule has 1 aromatic heterocycles. The van der Waals surface area contributed by atoms with Crippen molar-refractivity contribution in [3.05, 3.63) is 64.9 Å². The van der Waals surface area contributed by atoms with Crippen LogP contribution in [0.1, 0.15) is 18.3 Å². The minimum atomic E-state index is -0.0915. The van der Waals surface area contributed by atoms with Crippen molar-refractivity contribution >= 4 is 35.0 Å². The smallest absolute Gasteiger partial charge is 0.234 e. The van der Waals surface area contributed by atoms with E-state index in [0.29, 0.717) is 28.3 Å². The molecular formula is C20H21ClN4O2S. The Bertz CT molecular complexity index is 947. The average molecular weight is 417 g/mol. The molecule has 0 aliphatic carbocycles. The minimum Gasteiger partial charge on any atom is -0.484 e. The summed E-state index contributed by atoms with van der Waals surface area (Å²) in [4.78, 5) is 12.1. The highest BCUT2D eigenvalue weighted by Gasteiger charge is 2.14. The van der Waals surface area contributed by atoms with Crippen LogP contribution in [0.25, 0.3) is 0 Å². The number of thioether (sulfide) groups is 1. The molecule has 1 N–H and O–H groups in total. The first kappa shape index (κ1) is 20.2.